The van der Waals surface area contributed by atoms with Gasteiger partial charge in [-0.15, -0.1) is 0 Å². The molecule has 1 unspecified atom stereocenters. The van der Waals surface area contributed by atoms with Crippen molar-refractivity contribution in [3.8, 4) is 0 Å². The number of nitrogens with two attached hydrogens (primary N) is 1. The quantitative estimate of drug-likeness (QED) is 0.662. The van der Waals surface area contributed by atoms with Crippen LogP contribution in [0.4, 0.5) is 0 Å². The molecule has 0 heterocycles. The SMILES string of the molecule is CC(C)N(CCOP(N)(=O)O)C(C)C. The van der Waals surface area contributed by atoms with E-state index in [0.29, 0.717) is 18.6 Å². The van der Waals surface area contributed by atoms with Gasteiger partial charge in [-0.1, -0.05) is 0 Å². The van der Waals surface area contributed by atoms with Gasteiger partial charge in [0.25, 0.3) is 0 Å². The predicted molar refractivity (Wildman–Crippen MR) is 56.9 cm³/mol. The lowest BCUT2D eigenvalue weighted by Crippen LogP contribution is -2.39. The van der Waals surface area contributed by atoms with E-state index in [1.54, 1.807) is 0 Å². The molecule has 0 amide bonds. The number of nitrogens with zero attached hydrogens (tertiary/aromatic N) is 1. The lowest BCUT2D eigenvalue weighted by atomic mass is 10.2. The van der Waals surface area contributed by atoms with Crippen molar-refractivity contribution in [3.05, 3.63) is 0 Å². The molecule has 3 N–H and O–H groups in total. The van der Waals surface area contributed by atoms with Gasteiger partial charge in [0, 0.05) is 18.6 Å². The first kappa shape index (κ1) is 14.1. The molecule has 1 atom stereocenters. The van der Waals surface area contributed by atoms with E-state index in [2.05, 4.69) is 37.1 Å². The fourth-order valence-corrected chi connectivity index (χ4v) is 1.73. The molecule has 0 spiro atoms. The van der Waals surface area contributed by atoms with Gasteiger partial charge >= 0.3 is 7.75 Å². The zero-order valence-corrected chi connectivity index (χ0v) is 10.2. The second kappa shape index (κ2) is 5.83. The zero-order chi connectivity index (χ0) is 11.4. The molecule has 0 aromatic heterocycles. The molecule has 86 valence electrons. The lowest BCUT2D eigenvalue weighted by molar-refractivity contribution is 0.135. The highest BCUT2D eigenvalue weighted by molar-refractivity contribution is 7.50. The van der Waals surface area contributed by atoms with Gasteiger partial charge in [0.15, 0.2) is 0 Å². The van der Waals surface area contributed by atoms with Crippen LogP contribution in [0.2, 0.25) is 0 Å². The van der Waals surface area contributed by atoms with Crippen LogP contribution in [0.3, 0.4) is 0 Å². The number of hydrogen-bond acceptors (Lipinski definition) is 3. The summed E-state index contributed by atoms with van der Waals surface area (Å²) < 4.78 is 15.2. The standard InChI is InChI=1S/C8H21N2O3P/c1-7(2)10(8(3)4)5-6-13-14(9,11)12/h7-8H,5-6H2,1-4H3,(H3,9,11,12). The second-order valence-corrected chi connectivity index (χ2v) is 5.21. The summed E-state index contributed by atoms with van der Waals surface area (Å²) in [6.07, 6.45) is 0. The Hall–Kier alpha value is 0.0700. The Morgan fingerprint density at radius 2 is 1.79 bits per heavy atom. The third-order valence-corrected chi connectivity index (χ3v) is 2.50. The monoisotopic (exact) mass is 224 g/mol. The van der Waals surface area contributed by atoms with E-state index in [1.807, 2.05) is 0 Å². The van der Waals surface area contributed by atoms with Gasteiger partial charge in [0.1, 0.15) is 0 Å². The maximum absolute atomic E-state index is 10.6. The van der Waals surface area contributed by atoms with Crippen molar-refractivity contribution in [3.63, 3.8) is 0 Å². The van der Waals surface area contributed by atoms with Crippen LogP contribution in [0.5, 0.6) is 0 Å². The summed E-state index contributed by atoms with van der Waals surface area (Å²) in [5.74, 6) is 0. The van der Waals surface area contributed by atoms with E-state index in [1.165, 1.54) is 0 Å². The average Bonchev–Trinajstić information content (AvgIpc) is 1.94. The van der Waals surface area contributed by atoms with Crippen molar-refractivity contribution in [2.75, 3.05) is 13.2 Å². The molecule has 0 radical (unpaired) electrons. The minimum atomic E-state index is -3.81. The van der Waals surface area contributed by atoms with Crippen LogP contribution >= 0.6 is 7.75 Å². The van der Waals surface area contributed by atoms with Crippen molar-refractivity contribution in [1.82, 2.24) is 4.90 Å². The van der Waals surface area contributed by atoms with E-state index in [9.17, 15) is 4.57 Å². The van der Waals surface area contributed by atoms with E-state index in [-0.39, 0.29) is 6.61 Å². The van der Waals surface area contributed by atoms with E-state index < -0.39 is 7.75 Å². The number of hydrogen-bond donors (Lipinski definition) is 2. The van der Waals surface area contributed by atoms with Crippen molar-refractivity contribution in [1.29, 1.82) is 0 Å². The number of rotatable bonds is 6. The summed E-state index contributed by atoms with van der Waals surface area (Å²) in [5, 5.41) is 0. The summed E-state index contributed by atoms with van der Waals surface area (Å²) in [5.41, 5.74) is 4.84. The van der Waals surface area contributed by atoms with Gasteiger partial charge < -0.3 is 4.89 Å². The van der Waals surface area contributed by atoms with Crippen LogP contribution in [-0.2, 0) is 9.09 Å². The van der Waals surface area contributed by atoms with Crippen LogP contribution in [0.15, 0.2) is 0 Å². The molecule has 0 aromatic rings. The van der Waals surface area contributed by atoms with Crippen LogP contribution < -0.4 is 5.50 Å². The first-order valence-corrected chi connectivity index (χ1v) is 6.40. The van der Waals surface area contributed by atoms with Gasteiger partial charge in [0.05, 0.1) is 6.61 Å². The summed E-state index contributed by atoms with van der Waals surface area (Å²) in [7, 11) is -3.81. The fraction of sp³-hybridized carbons (Fsp3) is 1.00. The normalized spacial score (nSPS) is 16.6. The highest BCUT2D eigenvalue weighted by Gasteiger charge is 2.16. The van der Waals surface area contributed by atoms with Crippen molar-refractivity contribution in [2.24, 2.45) is 5.50 Å². The van der Waals surface area contributed by atoms with Crippen molar-refractivity contribution in [2.45, 2.75) is 39.8 Å². The molecular weight excluding hydrogens is 203 g/mol. The fourth-order valence-electron chi connectivity index (χ4n) is 1.39. The first-order valence-electron chi connectivity index (χ1n) is 4.75. The maximum atomic E-state index is 10.6. The predicted octanol–water partition coefficient (Wildman–Crippen LogP) is 1.18. The Balaban J connectivity index is 3.90. The summed E-state index contributed by atoms with van der Waals surface area (Å²) >= 11 is 0. The summed E-state index contributed by atoms with van der Waals surface area (Å²) in [6.45, 7) is 9.07. The molecule has 0 fully saturated rings. The Labute approximate surface area is 85.8 Å². The minimum Gasteiger partial charge on any atom is -0.313 e. The van der Waals surface area contributed by atoms with Gasteiger partial charge in [-0.3, -0.25) is 9.42 Å². The van der Waals surface area contributed by atoms with Crippen LogP contribution in [0, 0.1) is 0 Å². The molecule has 0 rings (SSSR count). The Morgan fingerprint density at radius 1 is 1.36 bits per heavy atom. The molecule has 0 bridgehead atoms. The van der Waals surface area contributed by atoms with Crippen molar-refractivity contribution >= 4 is 7.75 Å². The molecule has 0 saturated heterocycles. The smallest absolute Gasteiger partial charge is 0.313 e. The van der Waals surface area contributed by atoms with Gasteiger partial charge in [-0.05, 0) is 27.7 Å². The van der Waals surface area contributed by atoms with E-state index >= 15 is 0 Å². The molecule has 6 heteroatoms. The maximum Gasteiger partial charge on any atom is 0.400 e. The Bertz CT molecular complexity index is 195. The summed E-state index contributed by atoms with van der Waals surface area (Å²) in [4.78, 5) is 10.9. The molecular formula is C8H21N2O3P. The first-order chi connectivity index (χ1) is 6.24. The highest BCUT2D eigenvalue weighted by Crippen LogP contribution is 2.30. The molecule has 5 nitrogen and oxygen atoms in total. The Kier molecular flexibility index (Phi) is 5.86. The van der Waals surface area contributed by atoms with E-state index in [4.69, 9.17) is 10.4 Å². The van der Waals surface area contributed by atoms with E-state index in [0.717, 1.165) is 0 Å². The second-order valence-electron chi connectivity index (χ2n) is 3.82. The highest BCUT2D eigenvalue weighted by atomic mass is 31.2. The summed E-state index contributed by atoms with van der Waals surface area (Å²) in [6, 6.07) is 0.768. The largest absolute Gasteiger partial charge is 0.400 e. The topological polar surface area (TPSA) is 75.8 Å². The molecule has 0 saturated carbocycles. The third-order valence-electron chi connectivity index (χ3n) is 1.95. The molecule has 0 aromatic carbocycles. The van der Waals surface area contributed by atoms with Crippen LogP contribution in [0.1, 0.15) is 27.7 Å². The van der Waals surface area contributed by atoms with Gasteiger partial charge in [0.2, 0.25) is 0 Å². The zero-order valence-electron chi connectivity index (χ0n) is 9.30. The molecule has 0 aliphatic heterocycles. The minimum absolute atomic E-state index is 0.181. The van der Waals surface area contributed by atoms with Crippen molar-refractivity contribution < 1.29 is 14.0 Å². The third kappa shape index (κ3) is 6.51. The van der Waals surface area contributed by atoms with Gasteiger partial charge in [-0.25, -0.2) is 10.1 Å². The van der Waals surface area contributed by atoms with Crippen LogP contribution in [-0.4, -0.2) is 35.0 Å². The molecule has 0 aliphatic rings. The Morgan fingerprint density at radius 3 is 2.07 bits per heavy atom. The lowest BCUT2D eigenvalue weighted by Gasteiger charge is -2.30. The van der Waals surface area contributed by atoms with Gasteiger partial charge in [-0.2, -0.15) is 0 Å². The molecule has 0 aliphatic carbocycles. The van der Waals surface area contributed by atoms with Crippen LogP contribution in [0.25, 0.3) is 0 Å². The average molecular weight is 224 g/mol. The molecule has 14 heavy (non-hydrogen) atoms.